The minimum atomic E-state index is -0.0185. The molecular formula is C17H17N3O. The SMILES string of the molecule is Cc1nc2ccc(NC(=O)Cc3ccccc3)cn2c1C. The average Bonchev–Trinajstić information content (AvgIpc) is 2.75. The lowest BCUT2D eigenvalue weighted by Crippen LogP contribution is -2.14. The second kappa shape index (κ2) is 5.40. The van der Waals surface area contributed by atoms with E-state index in [0.29, 0.717) is 6.42 Å². The largest absolute Gasteiger partial charge is 0.324 e. The number of carbonyl (C=O) groups is 1. The smallest absolute Gasteiger partial charge is 0.228 e. The summed E-state index contributed by atoms with van der Waals surface area (Å²) in [6.45, 7) is 4.00. The van der Waals surface area contributed by atoms with Gasteiger partial charge in [-0.3, -0.25) is 4.79 Å². The van der Waals surface area contributed by atoms with E-state index in [0.717, 1.165) is 28.3 Å². The molecule has 1 N–H and O–H groups in total. The highest BCUT2D eigenvalue weighted by Gasteiger charge is 2.07. The summed E-state index contributed by atoms with van der Waals surface area (Å²) < 4.78 is 1.99. The van der Waals surface area contributed by atoms with Crippen molar-refractivity contribution in [3.05, 3.63) is 65.6 Å². The summed E-state index contributed by atoms with van der Waals surface area (Å²) in [5.41, 5.74) is 4.77. The van der Waals surface area contributed by atoms with Crippen LogP contribution < -0.4 is 5.32 Å². The number of benzene rings is 1. The Labute approximate surface area is 123 Å². The molecule has 4 heteroatoms. The Hall–Kier alpha value is -2.62. The molecule has 0 atom stereocenters. The number of carbonyl (C=O) groups excluding carboxylic acids is 1. The van der Waals surface area contributed by atoms with Crippen molar-refractivity contribution in [2.24, 2.45) is 0 Å². The highest BCUT2D eigenvalue weighted by Crippen LogP contribution is 2.15. The average molecular weight is 279 g/mol. The zero-order valence-electron chi connectivity index (χ0n) is 12.1. The fourth-order valence-electron chi connectivity index (χ4n) is 2.34. The number of aryl methyl sites for hydroxylation is 2. The summed E-state index contributed by atoms with van der Waals surface area (Å²) >= 11 is 0. The molecule has 0 radical (unpaired) electrons. The van der Waals surface area contributed by atoms with E-state index in [9.17, 15) is 4.79 Å². The first-order valence-corrected chi connectivity index (χ1v) is 6.92. The molecule has 3 rings (SSSR count). The molecule has 0 bridgehead atoms. The molecule has 2 aromatic heterocycles. The maximum absolute atomic E-state index is 12.1. The predicted molar refractivity (Wildman–Crippen MR) is 83.4 cm³/mol. The minimum Gasteiger partial charge on any atom is -0.324 e. The number of rotatable bonds is 3. The van der Waals surface area contributed by atoms with Crippen LogP contribution in [0, 0.1) is 13.8 Å². The second-order valence-corrected chi connectivity index (χ2v) is 5.14. The second-order valence-electron chi connectivity index (χ2n) is 5.14. The Morgan fingerprint density at radius 3 is 2.67 bits per heavy atom. The monoisotopic (exact) mass is 279 g/mol. The van der Waals surface area contributed by atoms with Crippen LogP contribution >= 0.6 is 0 Å². The number of imidazole rings is 1. The number of hydrogen-bond donors (Lipinski definition) is 1. The van der Waals surface area contributed by atoms with Crippen LogP contribution in [0.5, 0.6) is 0 Å². The normalized spacial score (nSPS) is 10.8. The van der Waals surface area contributed by atoms with E-state index in [1.54, 1.807) is 0 Å². The van der Waals surface area contributed by atoms with Crippen LogP contribution in [0.4, 0.5) is 5.69 Å². The number of amides is 1. The Balaban J connectivity index is 1.78. The van der Waals surface area contributed by atoms with Gasteiger partial charge in [0.15, 0.2) is 0 Å². The molecule has 0 aliphatic rings. The Bertz CT molecular complexity index is 790. The number of anilines is 1. The predicted octanol–water partition coefficient (Wildman–Crippen LogP) is 3.13. The van der Waals surface area contributed by atoms with Crippen molar-refractivity contribution >= 4 is 17.2 Å². The fraction of sp³-hybridized carbons (Fsp3) is 0.176. The van der Waals surface area contributed by atoms with E-state index in [1.165, 1.54) is 0 Å². The molecule has 1 amide bonds. The maximum Gasteiger partial charge on any atom is 0.228 e. The van der Waals surface area contributed by atoms with Gasteiger partial charge in [0.2, 0.25) is 5.91 Å². The zero-order chi connectivity index (χ0) is 14.8. The van der Waals surface area contributed by atoms with Crippen molar-refractivity contribution in [3.63, 3.8) is 0 Å². The molecule has 3 aromatic rings. The van der Waals surface area contributed by atoms with Gasteiger partial charge < -0.3 is 9.72 Å². The van der Waals surface area contributed by atoms with E-state index in [4.69, 9.17) is 0 Å². The van der Waals surface area contributed by atoms with E-state index >= 15 is 0 Å². The standard InChI is InChI=1S/C17H17N3O/c1-12-13(2)20-11-15(8-9-16(20)18-12)19-17(21)10-14-6-4-3-5-7-14/h3-9,11H,10H2,1-2H3,(H,19,21). The van der Waals surface area contributed by atoms with Gasteiger partial charge in [-0.1, -0.05) is 30.3 Å². The zero-order valence-corrected chi connectivity index (χ0v) is 12.1. The lowest BCUT2D eigenvalue weighted by molar-refractivity contribution is -0.115. The van der Waals surface area contributed by atoms with Crippen LogP contribution in [0.1, 0.15) is 17.0 Å². The highest BCUT2D eigenvalue weighted by atomic mass is 16.1. The number of fused-ring (bicyclic) bond motifs is 1. The van der Waals surface area contributed by atoms with Gasteiger partial charge in [0.1, 0.15) is 5.65 Å². The first-order valence-electron chi connectivity index (χ1n) is 6.92. The van der Waals surface area contributed by atoms with E-state index in [-0.39, 0.29) is 5.91 Å². The molecule has 106 valence electrons. The summed E-state index contributed by atoms with van der Waals surface area (Å²) in [7, 11) is 0. The van der Waals surface area contributed by atoms with Crippen molar-refractivity contribution in [2.45, 2.75) is 20.3 Å². The topological polar surface area (TPSA) is 46.4 Å². The van der Waals surface area contributed by atoms with Crippen molar-refractivity contribution in [1.82, 2.24) is 9.38 Å². The van der Waals surface area contributed by atoms with Crippen molar-refractivity contribution in [2.75, 3.05) is 5.32 Å². The van der Waals surface area contributed by atoms with Gasteiger partial charge in [0.25, 0.3) is 0 Å². The number of nitrogens with zero attached hydrogens (tertiary/aromatic N) is 2. The molecule has 0 saturated heterocycles. The fourth-order valence-corrected chi connectivity index (χ4v) is 2.34. The van der Waals surface area contributed by atoms with Gasteiger partial charge in [-0.25, -0.2) is 4.98 Å². The van der Waals surface area contributed by atoms with Crippen molar-refractivity contribution in [3.8, 4) is 0 Å². The van der Waals surface area contributed by atoms with Crippen LogP contribution in [0.25, 0.3) is 5.65 Å². The van der Waals surface area contributed by atoms with Gasteiger partial charge in [-0.05, 0) is 31.5 Å². The summed E-state index contributed by atoms with van der Waals surface area (Å²) in [6.07, 6.45) is 2.29. The van der Waals surface area contributed by atoms with Gasteiger partial charge in [-0.2, -0.15) is 0 Å². The first-order chi connectivity index (χ1) is 10.1. The number of nitrogens with one attached hydrogen (secondary N) is 1. The van der Waals surface area contributed by atoms with E-state index in [2.05, 4.69) is 10.3 Å². The Kier molecular flexibility index (Phi) is 3.44. The third-order valence-electron chi connectivity index (χ3n) is 3.59. The van der Waals surface area contributed by atoms with Gasteiger partial charge in [-0.15, -0.1) is 0 Å². The van der Waals surface area contributed by atoms with Gasteiger partial charge in [0.05, 0.1) is 17.8 Å². The van der Waals surface area contributed by atoms with Crippen LogP contribution in [0.15, 0.2) is 48.7 Å². The highest BCUT2D eigenvalue weighted by molar-refractivity contribution is 5.92. The van der Waals surface area contributed by atoms with Gasteiger partial charge in [0, 0.05) is 11.9 Å². The molecule has 1 aromatic carbocycles. The number of pyridine rings is 1. The van der Waals surface area contributed by atoms with Gasteiger partial charge >= 0.3 is 0 Å². The molecular weight excluding hydrogens is 262 g/mol. The molecule has 21 heavy (non-hydrogen) atoms. The molecule has 2 heterocycles. The maximum atomic E-state index is 12.1. The molecule has 4 nitrogen and oxygen atoms in total. The summed E-state index contributed by atoms with van der Waals surface area (Å²) in [4.78, 5) is 16.5. The molecule has 0 aliphatic heterocycles. The molecule has 0 fully saturated rings. The lowest BCUT2D eigenvalue weighted by atomic mass is 10.1. The number of aromatic nitrogens is 2. The molecule has 0 unspecified atom stereocenters. The third-order valence-corrected chi connectivity index (χ3v) is 3.59. The Morgan fingerprint density at radius 2 is 1.90 bits per heavy atom. The van der Waals surface area contributed by atoms with Crippen molar-refractivity contribution in [1.29, 1.82) is 0 Å². The van der Waals surface area contributed by atoms with Crippen LogP contribution in [-0.2, 0) is 11.2 Å². The van der Waals surface area contributed by atoms with Crippen molar-refractivity contribution < 1.29 is 4.79 Å². The Morgan fingerprint density at radius 1 is 1.14 bits per heavy atom. The van der Waals surface area contributed by atoms with Crippen LogP contribution in [-0.4, -0.2) is 15.3 Å². The summed E-state index contributed by atoms with van der Waals surface area (Å²) in [5.74, 6) is -0.0185. The number of hydrogen-bond acceptors (Lipinski definition) is 2. The minimum absolute atomic E-state index is 0.0185. The quantitative estimate of drug-likeness (QED) is 0.800. The third kappa shape index (κ3) is 2.79. The molecule has 0 spiro atoms. The lowest BCUT2D eigenvalue weighted by Gasteiger charge is -2.06. The molecule has 0 saturated carbocycles. The first kappa shape index (κ1) is 13.4. The van der Waals surface area contributed by atoms with E-state index < -0.39 is 0 Å². The molecule has 0 aliphatic carbocycles. The summed E-state index contributed by atoms with van der Waals surface area (Å²) in [6, 6.07) is 13.5. The van der Waals surface area contributed by atoms with Crippen LogP contribution in [0.2, 0.25) is 0 Å². The van der Waals surface area contributed by atoms with Crippen LogP contribution in [0.3, 0.4) is 0 Å². The van der Waals surface area contributed by atoms with E-state index in [1.807, 2.05) is 66.9 Å². The summed E-state index contributed by atoms with van der Waals surface area (Å²) in [5, 5.41) is 2.93.